The molecule has 0 heterocycles. The summed E-state index contributed by atoms with van der Waals surface area (Å²) >= 11 is 6.10. The molecule has 0 fully saturated rings. The van der Waals surface area contributed by atoms with E-state index in [1.165, 1.54) is 37.9 Å². The zero-order valence-corrected chi connectivity index (χ0v) is 17.4. The first-order valence-electron chi connectivity index (χ1n) is 8.34. The molecule has 0 unspecified atom stereocenters. The van der Waals surface area contributed by atoms with E-state index < -0.39 is 15.9 Å². The van der Waals surface area contributed by atoms with Gasteiger partial charge < -0.3 is 10.2 Å². The number of amides is 1. The fourth-order valence-electron chi connectivity index (χ4n) is 2.45. The smallest absolute Gasteiger partial charge is 0.253 e. The van der Waals surface area contributed by atoms with Crippen molar-refractivity contribution in [2.45, 2.75) is 18.0 Å². The summed E-state index contributed by atoms with van der Waals surface area (Å²) in [5.41, 5.74) is 2.25. The molecule has 0 aromatic heterocycles. The van der Waals surface area contributed by atoms with Crippen LogP contribution in [0.1, 0.15) is 21.5 Å². The van der Waals surface area contributed by atoms with Crippen molar-refractivity contribution < 1.29 is 13.2 Å². The molecule has 2 aromatic rings. The fourth-order valence-corrected chi connectivity index (χ4v) is 3.59. The maximum Gasteiger partial charge on any atom is 0.253 e. The fraction of sp³-hybridized carbons (Fsp3) is 0.316. The number of carbonyl (C=O) groups excluding carboxylic acids is 1. The normalized spacial score (nSPS) is 11.8. The Morgan fingerprint density at radius 2 is 1.59 bits per heavy atom. The number of sulfonamides is 1. The Morgan fingerprint density at radius 1 is 1.00 bits per heavy atom. The predicted octanol–water partition coefficient (Wildman–Crippen LogP) is 2.58. The summed E-state index contributed by atoms with van der Waals surface area (Å²) < 4.78 is 25.6. The number of nitrogens with one attached hydrogen (secondary N) is 1. The maximum absolute atomic E-state index is 12.5. The quantitative estimate of drug-likeness (QED) is 0.763. The summed E-state index contributed by atoms with van der Waals surface area (Å²) in [4.78, 5) is 14.6. The van der Waals surface area contributed by atoms with Gasteiger partial charge in [0, 0.05) is 27.2 Å². The highest BCUT2D eigenvalue weighted by molar-refractivity contribution is 7.89. The molecule has 0 radical (unpaired) electrons. The molecule has 2 rings (SSSR count). The lowest BCUT2D eigenvalue weighted by molar-refractivity contribution is 0.0951. The van der Waals surface area contributed by atoms with Crippen molar-refractivity contribution in [3.8, 4) is 0 Å². The highest BCUT2D eigenvalue weighted by Crippen LogP contribution is 2.22. The third-order valence-corrected chi connectivity index (χ3v) is 6.08. The van der Waals surface area contributed by atoms with Gasteiger partial charge in [-0.3, -0.25) is 4.79 Å². The van der Waals surface area contributed by atoms with Gasteiger partial charge in [0.1, 0.15) is 0 Å². The molecule has 1 amide bonds. The molecule has 0 aliphatic rings. The van der Waals surface area contributed by atoms with Gasteiger partial charge >= 0.3 is 0 Å². The Hall–Kier alpha value is -1.93. The Kier molecular flexibility index (Phi) is 7.00. The summed E-state index contributed by atoms with van der Waals surface area (Å²) in [6, 6.07) is 12.0. The van der Waals surface area contributed by atoms with Gasteiger partial charge in [0.15, 0.2) is 0 Å². The topological polar surface area (TPSA) is 69.7 Å². The molecule has 0 aliphatic carbocycles. The lowest BCUT2D eigenvalue weighted by atomic mass is 10.1. The third kappa shape index (κ3) is 5.52. The molecule has 0 atom stereocenters. The van der Waals surface area contributed by atoms with E-state index in [0.717, 1.165) is 16.4 Å². The van der Waals surface area contributed by atoms with Crippen LogP contribution >= 0.6 is 11.6 Å². The van der Waals surface area contributed by atoms with Gasteiger partial charge in [0.2, 0.25) is 10.0 Å². The van der Waals surface area contributed by atoms with Gasteiger partial charge in [-0.1, -0.05) is 35.9 Å². The molecule has 6 nitrogen and oxygen atoms in total. The van der Waals surface area contributed by atoms with Crippen LogP contribution in [-0.4, -0.2) is 51.7 Å². The van der Waals surface area contributed by atoms with Gasteiger partial charge in [-0.05, 0) is 43.4 Å². The first-order valence-corrected chi connectivity index (χ1v) is 10.2. The lowest BCUT2D eigenvalue weighted by Gasteiger charge is -2.13. The van der Waals surface area contributed by atoms with Crippen LogP contribution in [0.5, 0.6) is 0 Å². The van der Waals surface area contributed by atoms with E-state index >= 15 is 0 Å². The number of hydrogen-bond donors (Lipinski definition) is 1. The average molecular weight is 410 g/mol. The summed E-state index contributed by atoms with van der Waals surface area (Å²) in [6.07, 6.45) is 0. The highest BCUT2D eigenvalue weighted by atomic mass is 35.5. The molecule has 2 aromatic carbocycles. The molecule has 8 heteroatoms. The van der Waals surface area contributed by atoms with Gasteiger partial charge in [-0.25, -0.2) is 12.7 Å². The molecule has 0 bridgehead atoms. The van der Waals surface area contributed by atoms with Crippen LogP contribution in [0.25, 0.3) is 0 Å². The SMILES string of the molecule is CN(C)Cc1ccc(CNC(=O)c2cc(S(=O)(=O)N(C)C)ccc2Cl)cc1. The van der Waals surface area contributed by atoms with Crippen molar-refractivity contribution in [3.05, 3.63) is 64.2 Å². The number of hydrogen-bond acceptors (Lipinski definition) is 4. The Balaban J connectivity index is 2.12. The van der Waals surface area contributed by atoms with E-state index in [0.29, 0.717) is 6.54 Å². The van der Waals surface area contributed by atoms with Crippen molar-refractivity contribution in [1.82, 2.24) is 14.5 Å². The Bertz CT molecular complexity index is 910. The van der Waals surface area contributed by atoms with Crippen LogP contribution in [0.3, 0.4) is 0 Å². The monoisotopic (exact) mass is 409 g/mol. The van der Waals surface area contributed by atoms with E-state index in [9.17, 15) is 13.2 Å². The first-order chi connectivity index (χ1) is 12.6. The largest absolute Gasteiger partial charge is 0.348 e. The second-order valence-corrected chi connectivity index (χ2v) is 9.23. The maximum atomic E-state index is 12.5. The van der Waals surface area contributed by atoms with E-state index in [1.54, 1.807) is 0 Å². The van der Waals surface area contributed by atoms with E-state index in [4.69, 9.17) is 11.6 Å². The predicted molar refractivity (Wildman–Crippen MR) is 107 cm³/mol. The first kappa shape index (κ1) is 21.4. The summed E-state index contributed by atoms with van der Waals surface area (Å²) in [5.74, 6) is -0.423. The van der Waals surface area contributed by atoms with Gasteiger partial charge in [0.25, 0.3) is 5.91 Å². The minimum absolute atomic E-state index is 0.0232. The van der Waals surface area contributed by atoms with Gasteiger partial charge in [-0.2, -0.15) is 0 Å². The number of nitrogens with zero attached hydrogens (tertiary/aromatic N) is 2. The van der Waals surface area contributed by atoms with Crippen molar-refractivity contribution in [2.75, 3.05) is 28.2 Å². The van der Waals surface area contributed by atoms with Crippen LogP contribution < -0.4 is 5.32 Å². The zero-order valence-electron chi connectivity index (χ0n) is 15.9. The highest BCUT2D eigenvalue weighted by Gasteiger charge is 2.20. The molecule has 0 saturated heterocycles. The van der Waals surface area contributed by atoms with Crippen LogP contribution in [0.15, 0.2) is 47.4 Å². The summed E-state index contributed by atoms with van der Waals surface area (Å²) in [5, 5.41) is 2.98. The molecule has 146 valence electrons. The zero-order chi connectivity index (χ0) is 20.2. The molecular weight excluding hydrogens is 386 g/mol. The summed E-state index contributed by atoms with van der Waals surface area (Å²) in [6.45, 7) is 1.16. The Labute approximate surface area is 165 Å². The molecule has 27 heavy (non-hydrogen) atoms. The van der Waals surface area contributed by atoms with E-state index in [-0.39, 0.29) is 15.5 Å². The molecule has 1 N–H and O–H groups in total. The third-order valence-electron chi connectivity index (χ3n) is 3.94. The van der Waals surface area contributed by atoms with Crippen LogP contribution in [-0.2, 0) is 23.1 Å². The number of rotatable bonds is 7. The Morgan fingerprint density at radius 3 is 2.15 bits per heavy atom. The van der Waals surface area contributed by atoms with Crippen LogP contribution in [0.4, 0.5) is 0 Å². The van der Waals surface area contributed by atoms with Crippen LogP contribution in [0, 0.1) is 0 Å². The molecule has 0 saturated carbocycles. The second-order valence-electron chi connectivity index (χ2n) is 6.67. The average Bonchev–Trinajstić information content (AvgIpc) is 2.60. The van der Waals surface area contributed by atoms with E-state index in [2.05, 4.69) is 10.2 Å². The van der Waals surface area contributed by atoms with Gasteiger partial charge in [-0.15, -0.1) is 0 Å². The van der Waals surface area contributed by atoms with Crippen LogP contribution in [0.2, 0.25) is 5.02 Å². The second kappa shape index (κ2) is 8.84. The molecule has 0 aliphatic heterocycles. The number of halogens is 1. The van der Waals surface area contributed by atoms with Crippen molar-refractivity contribution >= 4 is 27.5 Å². The minimum Gasteiger partial charge on any atom is -0.348 e. The molecule has 0 spiro atoms. The summed E-state index contributed by atoms with van der Waals surface area (Å²) in [7, 11) is 3.23. The minimum atomic E-state index is -3.64. The number of benzene rings is 2. The van der Waals surface area contributed by atoms with Gasteiger partial charge in [0.05, 0.1) is 15.5 Å². The lowest BCUT2D eigenvalue weighted by Crippen LogP contribution is -2.25. The van der Waals surface area contributed by atoms with E-state index in [1.807, 2.05) is 38.4 Å². The van der Waals surface area contributed by atoms with Crippen molar-refractivity contribution in [3.63, 3.8) is 0 Å². The van der Waals surface area contributed by atoms with Crippen molar-refractivity contribution in [1.29, 1.82) is 0 Å². The standard InChI is InChI=1S/C19H24ClN3O3S/c1-22(2)13-15-7-5-14(6-8-15)12-21-19(24)17-11-16(9-10-18(17)20)27(25,26)23(3)4/h5-11H,12-13H2,1-4H3,(H,21,24). The van der Waals surface area contributed by atoms with Crippen molar-refractivity contribution in [2.24, 2.45) is 0 Å². The number of carbonyl (C=O) groups is 1. The molecular formula is C19H24ClN3O3S.